The van der Waals surface area contributed by atoms with Crippen molar-refractivity contribution in [1.29, 1.82) is 0 Å². The van der Waals surface area contributed by atoms with Gasteiger partial charge in [-0.25, -0.2) is 0 Å². The quantitative estimate of drug-likeness (QED) is 0.843. The number of fused-ring (bicyclic) bond motifs is 1. The lowest BCUT2D eigenvalue weighted by atomic mass is 10.0. The SMILES string of the molecule is CC(C)N1CCCC(NC2CCN3CCCC23)CC1. The Morgan fingerprint density at radius 2 is 1.74 bits per heavy atom. The summed E-state index contributed by atoms with van der Waals surface area (Å²) < 4.78 is 0. The Bertz CT molecular complexity index is 292. The van der Waals surface area contributed by atoms with E-state index >= 15 is 0 Å². The molecule has 1 N–H and O–H groups in total. The Balaban J connectivity index is 1.50. The third-order valence-electron chi connectivity index (χ3n) is 5.55. The molecule has 3 saturated heterocycles. The number of rotatable bonds is 3. The fourth-order valence-electron chi connectivity index (χ4n) is 4.38. The monoisotopic (exact) mass is 265 g/mol. The van der Waals surface area contributed by atoms with Gasteiger partial charge in [-0.05, 0) is 72.0 Å². The molecule has 3 aliphatic heterocycles. The van der Waals surface area contributed by atoms with Crippen molar-refractivity contribution in [1.82, 2.24) is 15.1 Å². The van der Waals surface area contributed by atoms with Crippen LogP contribution >= 0.6 is 0 Å². The van der Waals surface area contributed by atoms with Crippen LogP contribution in [-0.2, 0) is 0 Å². The number of hydrogen-bond acceptors (Lipinski definition) is 3. The molecule has 110 valence electrons. The maximum absolute atomic E-state index is 4.02. The Morgan fingerprint density at radius 1 is 0.895 bits per heavy atom. The van der Waals surface area contributed by atoms with Crippen molar-refractivity contribution in [3.05, 3.63) is 0 Å². The van der Waals surface area contributed by atoms with Crippen molar-refractivity contribution < 1.29 is 0 Å². The first kappa shape index (κ1) is 13.8. The molecule has 0 aromatic rings. The van der Waals surface area contributed by atoms with Crippen LogP contribution in [-0.4, -0.2) is 60.1 Å². The van der Waals surface area contributed by atoms with E-state index in [0.29, 0.717) is 0 Å². The maximum Gasteiger partial charge on any atom is 0.0250 e. The Morgan fingerprint density at radius 3 is 2.58 bits per heavy atom. The molecule has 3 rings (SSSR count). The smallest absolute Gasteiger partial charge is 0.0250 e. The van der Waals surface area contributed by atoms with Crippen LogP contribution in [0.5, 0.6) is 0 Å². The standard InChI is InChI=1S/C16H31N3/c1-13(2)18-9-3-5-14(7-11-18)17-15-8-12-19-10-4-6-16(15)19/h13-17H,3-12H2,1-2H3. The highest BCUT2D eigenvalue weighted by Crippen LogP contribution is 2.29. The summed E-state index contributed by atoms with van der Waals surface area (Å²) in [5.74, 6) is 0. The second kappa shape index (κ2) is 6.11. The van der Waals surface area contributed by atoms with Crippen LogP contribution in [0.25, 0.3) is 0 Å². The molecule has 3 heterocycles. The first-order valence-electron chi connectivity index (χ1n) is 8.48. The summed E-state index contributed by atoms with van der Waals surface area (Å²) in [6.07, 6.45) is 8.34. The summed E-state index contributed by atoms with van der Waals surface area (Å²) in [4.78, 5) is 5.37. The van der Waals surface area contributed by atoms with Gasteiger partial charge in [-0.2, -0.15) is 0 Å². The van der Waals surface area contributed by atoms with Crippen molar-refractivity contribution >= 4 is 0 Å². The summed E-state index contributed by atoms with van der Waals surface area (Å²) >= 11 is 0. The molecule has 0 amide bonds. The van der Waals surface area contributed by atoms with E-state index in [1.54, 1.807) is 0 Å². The van der Waals surface area contributed by atoms with Gasteiger partial charge >= 0.3 is 0 Å². The Labute approximate surface area is 118 Å². The zero-order chi connectivity index (χ0) is 13.2. The third-order valence-corrected chi connectivity index (χ3v) is 5.55. The van der Waals surface area contributed by atoms with Gasteiger partial charge in [-0.3, -0.25) is 4.90 Å². The van der Waals surface area contributed by atoms with E-state index in [0.717, 1.165) is 24.2 Å². The zero-order valence-electron chi connectivity index (χ0n) is 12.8. The second-order valence-electron chi connectivity index (χ2n) is 7.06. The molecule has 0 aliphatic carbocycles. The number of nitrogens with zero attached hydrogens (tertiary/aromatic N) is 2. The minimum atomic E-state index is 0.718. The first-order valence-corrected chi connectivity index (χ1v) is 8.48. The molecule has 0 aromatic heterocycles. The van der Waals surface area contributed by atoms with Gasteiger partial charge in [-0.1, -0.05) is 0 Å². The van der Waals surface area contributed by atoms with Crippen LogP contribution in [0.3, 0.4) is 0 Å². The minimum absolute atomic E-state index is 0.718. The second-order valence-corrected chi connectivity index (χ2v) is 7.06. The summed E-state index contributed by atoms with van der Waals surface area (Å²) in [6, 6.07) is 3.15. The van der Waals surface area contributed by atoms with Gasteiger partial charge in [0, 0.05) is 30.7 Å². The Hall–Kier alpha value is -0.120. The van der Waals surface area contributed by atoms with E-state index < -0.39 is 0 Å². The molecule has 0 saturated carbocycles. The van der Waals surface area contributed by atoms with E-state index in [1.807, 2.05) is 0 Å². The highest BCUT2D eigenvalue weighted by Gasteiger charge is 2.37. The lowest BCUT2D eigenvalue weighted by molar-refractivity contribution is 0.227. The molecule has 3 atom stereocenters. The van der Waals surface area contributed by atoms with Gasteiger partial charge in [0.2, 0.25) is 0 Å². The lowest BCUT2D eigenvalue weighted by Crippen LogP contribution is -2.45. The maximum atomic E-state index is 4.02. The molecular formula is C16H31N3. The topological polar surface area (TPSA) is 18.5 Å². The van der Waals surface area contributed by atoms with Crippen molar-refractivity contribution in [2.45, 2.75) is 76.5 Å². The molecule has 3 nitrogen and oxygen atoms in total. The zero-order valence-corrected chi connectivity index (χ0v) is 12.8. The minimum Gasteiger partial charge on any atom is -0.310 e. The van der Waals surface area contributed by atoms with Crippen LogP contribution in [0, 0.1) is 0 Å². The van der Waals surface area contributed by atoms with E-state index in [-0.39, 0.29) is 0 Å². The normalized spacial score (nSPS) is 37.7. The summed E-state index contributed by atoms with van der Waals surface area (Å²) in [5, 5.41) is 4.02. The lowest BCUT2D eigenvalue weighted by Gasteiger charge is -2.27. The van der Waals surface area contributed by atoms with Crippen molar-refractivity contribution in [3.63, 3.8) is 0 Å². The van der Waals surface area contributed by atoms with Crippen molar-refractivity contribution in [3.8, 4) is 0 Å². The van der Waals surface area contributed by atoms with Crippen molar-refractivity contribution in [2.75, 3.05) is 26.2 Å². The van der Waals surface area contributed by atoms with Gasteiger partial charge in [0.25, 0.3) is 0 Å². The van der Waals surface area contributed by atoms with Crippen LogP contribution in [0.15, 0.2) is 0 Å². The molecule has 19 heavy (non-hydrogen) atoms. The van der Waals surface area contributed by atoms with Gasteiger partial charge in [0.1, 0.15) is 0 Å². The molecule has 0 spiro atoms. The van der Waals surface area contributed by atoms with Crippen LogP contribution in [0.4, 0.5) is 0 Å². The van der Waals surface area contributed by atoms with Crippen LogP contribution in [0.2, 0.25) is 0 Å². The molecule has 3 fully saturated rings. The Kier molecular flexibility index (Phi) is 4.45. The summed E-state index contributed by atoms with van der Waals surface area (Å²) in [7, 11) is 0. The van der Waals surface area contributed by atoms with Crippen molar-refractivity contribution in [2.24, 2.45) is 0 Å². The highest BCUT2D eigenvalue weighted by molar-refractivity contribution is 4.97. The van der Waals surface area contributed by atoms with Gasteiger partial charge < -0.3 is 10.2 Å². The fraction of sp³-hybridized carbons (Fsp3) is 1.00. The largest absolute Gasteiger partial charge is 0.310 e. The average Bonchev–Trinajstić information content (AvgIpc) is 2.89. The summed E-state index contributed by atoms with van der Waals surface area (Å²) in [5.41, 5.74) is 0. The van der Waals surface area contributed by atoms with Gasteiger partial charge in [0.05, 0.1) is 0 Å². The predicted octanol–water partition coefficient (Wildman–Crippen LogP) is 2.08. The van der Waals surface area contributed by atoms with E-state index in [2.05, 4.69) is 29.0 Å². The van der Waals surface area contributed by atoms with Crippen LogP contribution < -0.4 is 5.32 Å². The summed E-state index contributed by atoms with van der Waals surface area (Å²) in [6.45, 7) is 9.95. The molecular weight excluding hydrogens is 234 g/mol. The van der Waals surface area contributed by atoms with Gasteiger partial charge in [-0.15, -0.1) is 0 Å². The number of likely N-dealkylation sites (tertiary alicyclic amines) is 1. The van der Waals surface area contributed by atoms with E-state index in [1.165, 1.54) is 64.7 Å². The highest BCUT2D eigenvalue weighted by atomic mass is 15.2. The molecule has 0 aromatic carbocycles. The molecule has 3 aliphatic rings. The van der Waals surface area contributed by atoms with Gasteiger partial charge in [0.15, 0.2) is 0 Å². The first-order chi connectivity index (χ1) is 9.24. The molecule has 0 radical (unpaired) electrons. The average molecular weight is 265 g/mol. The number of nitrogens with one attached hydrogen (secondary N) is 1. The van der Waals surface area contributed by atoms with E-state index in [4.69, 9.17) is 0 Å². The molecule has 3 heteroatoms. The predicted molar refractivity (Wildman–Crippen MR) is 80.5 cm³/mol. The van der Waals surface area contributed by atoms with Crippen LogP contribution in [0.1, 0.15) is 52.4 Å². The number of hydrogen-bond donors (Lipinski definition) is 1. The third kappa shape index (κ3) is 3.14. The molecule has 3 unspecified atom stereocenters. The molecule has 0 bridgehead atoms. The van der Waals surface area contributed by atoms with E-state index in [9.17, 15) is 0 Å². The fourth-order valence-corrected chi connectivity index (χ4v) is 4.38.